The van der Waals surface area contributed by atoms with Crippen molar-refractivity contribution in [3.05, 3.63) is 69.9 Å². The average Bonchev–Trinajstić information content (AvgIpc) is 3.40. The quantitative estimate of drug-likeness (QED) is 0.331. The Labute approximate surface area is 268 Å². The van der Waals surface area contributed by atoms with Crippen LogP contribution in [0.4, 0.5) is 15.8 Å². The fourth-order valence-electron chi connectivity index (χ4n) is 6.21. The molecule has 0 bridgehead atoms. The molecule has 0 spiro atoms. The number of aromatic nitrogens is 4. The molecule has 1 N–H and O–H groups in total. The number of phenols is 1. The molecule has 5 heterocycles. The largest absolute Gasteiger partial charge is 0.507 e. The fourth-order valence-corrected chi connectivity index (χ4v) is 6.46. The minimum atomic E-state index is -0.789. The number of benzene rings is 1. The third kappa shape index (κ3) is 4.68. The zero-order chi connectivity index (χ0) is 33.2. The van der Waals surface area contributed by atoms with Gasteiger partial charge in [-0.3, -0.25) is 14.4 Å². The number of rotatable bonds is 3. The summed E-state index contributed by atoms with van der Waals surface area (Å²) >= 11 is 6.81. The number of nitrogens with zero attached hydrogens (tertiary/aromatic N) is 8. The van der Waals surface area contributed by atoms with E-state index in [1.165, 1.54) is 51.7 Å². The summed E-state index contributed by atoms with van der Waals surface area (Å²) in [7, 11) is 1.50. The van der Waals surface area contributed by atoms with Crippen LogP contribution in [0.2, 0.25) is 5.02 Å². The Hall–Kier alpha value is -5.22. The summed E-state index contributed by atoms with van der Waals surface area (Å²) in [6.07, 6.45) is 2.56. The van der Waals surface area contributed by atoms with Gasteiger partial charge >= 0.3 is 0 Å². The summed E-state index contributed by atoms with van der Waals surface area (Å²) in [4.78, 5) is 50.5. The lowest BCUT2D eigenvalue weighted by Gasteiger charge is -2.42. The first-order valence-electron chi connectivity index (χ1n) is 14.5. The van der Waals surface area contributed by atoms with Crippen LogP contribution >= 0.6 is 11.6 Å². The summed E-state index contributed by atoms with van der Waals surface area (Å²) < 4.78 is 17.9. The predicted molar refractivity (Wildman–Crippen MR) is 171 cm³/mol. The van der Waals surface area contributed by atoms with Crippen molar-refractivity contribution in [2.24, 2.45) is 0 Å². The molecule has 3 aromatic heterocycles. The topological polar surface area (TPSA) is 141 Å². The number of hydrogen-bond donors (Lipinski definition) is 1. The van der Waals surface area contributed by atoms with E-state index in [-0.39, 0.29) is 70.3 Å². The lowest BCUT2D eigenvalue weighted by molar-refractivity contribution is -0.127. The van der Waals surface area contributed by atoms with E-state index >= 15 is 4.39 Å². The summed E-state index contributed by atoms with van der Waals surface area (Å²) in [6, 6.07) is 6.90. The van der Waals surface area contributed by atoms with Crippen LogP contribution in [0.25, 0.3) is 28.1 Å². The molecule has 1 aromatic carbocycles. The monoisotopic (exact) mass is 644 g/mol. The second-order valence-electron chi connectivity index (χ2n) is 12.2. The second-order valence-corrected chi connectivity index (χ2v) is 12.6. The smallest absolute Gasteiger partial charge is 0.284 e. The van der Waals surface area contributed by atoms with Gasteiger partial charge in [-0.05, 0) is 45.0 Å². The van der Waals surface area contributed by atoms with Crippen LogP contribution in [0.3, 0.4) is 0 Å². The van der Waals surface area contributed by atoms with Gasteiger partial charge in [0.15, 0.2) is 11.5 Å². The zero-order valence-electron chi connectivity index (χ0n) is 25.6. The number of pyridine rings is 2. The number of hydrogen-bond acceptors (Lipinski definition) is 8. The van der Waals surface area contributed by atoms with Gasteiger partial charge in [0.25, 0.3) is 5.56 Å². The number of nitriles is 1. The Balaban J connectivity index is 1.78. The van der Waals surface area contributed by atoms with Crippen LogP contribution in [0.15, 0.2) is 47.9 Å². The highest BCUT2D eigenvalue weighted by Crippen LogP contribution is 2.44. The van der Waals surface area contributed by atoms with E-state index in [9.17, 15) is 24.8 Å². The highest BCUT2D eigenvalue weighted by Gasteiger charge is 2.40. The number of halogens is 2. The van der Waals surface area contributed by atoms with E-state index in [2.05, 4.69) is 17.7 Å². The number of carbonyl (C=O) groups is 2. The average molecular weight is 645 g/mol. The number of amides is 2. The Bertz CT molecular complexity index is 2060. The van der Waals surface area contributed by atoms with Crippen LogP contribution in [0.5, 0.6) is 5.75 Å². The van der Waals surface area contributed by atoms with E-state index in [1.54, 1.807) is 4.90 Å². The standard InChI is InChI=1S/C32H30ClFN8O4/c1-6-23(44)39-10-11-40-18(16-39)12-24(45)38(5)28-27(40)19-13-20(33)26(25-21(34)8-7-9-22(25)43)37-29(19)41(31(28)46)30-17(14-35)15-36-42(30)32(2,3)4/h6-9,13,15,18,43H,1,10-12,16H2,2-5H3/t18-/m0/s1. The van der Waals surface area contributed by atoms with E-state index < -0.39 is 28.7 Å². The van der Waals surface area contributed by atoms with E-state index in [1.807, 2.05) is 25.7 Å². The lowest BCUT2D eigenvalue weighted by atomic mass is 10.0. The third-order valence-corrected chi connectivity index (χ3v) is 8.66. The van der Waals surface area contributed by atoms with Gasteiger partial charge in [-0.1, -0.05) is 24.2 Å². The molecule has 236 valence electrons. The normalized spacial score (nSPS) is 16.6. The molecule has 0 aliphatic carbocycles. The maximum absolute atomic E-state index is 15.2. The second kappa shape index (κ2) is 11.0. The first-order valence-corrected chi connectivity index (χ1v) is 14.9. The molecular formula is C32H30ClFN8O4. The Morgan fingerprint density at radius 3 is 2.63 bits per heavy atom. The van der Waals surface area contributed by atoms with Crippen molar-refractivity contribution in [1.82, 2.24) is 24.2 Å². The van der Waals surface area contributed by atoms with E-state index in [0.29, 0.717) is 17.6 Å². The molecule has 1 saturated heterocycles. The van der Waals surface area contributed by atoms with Gasteiger partial charge < -0.3 is 19.8 Å². The van der Waals surface area contributed by atoms with Crippen LogP contribution < -0.4 is 15.4 Å². The number of phenolic OH excluding ortho intramolecular Hbond substituents is 1. The molecule has 2 aliphatic rings. The number of fused-ring (bicyclic) bond motifs is 5. The number of anilines is 2. The maximum Gasteiger partial charge on any atom is 0.284 e. The first kappa shape index (κ1) is 30.8. The van der Waals surface area contributed by atoms with Crippen molar-refractivity contribution in [3.63, 3.8) is 0 Å². The van der Waals surface area contributed by atoms with Crippen molar-refractivity contribution in [1.29, 1.82) is 5.26 Å². The van der Waals surface area contributed by atoms with E-state index in [0.717, 1.165) is 6.07 Å². The third-order valence-electron chi connectivity index (χ3n) is 8.37. The van der Waals surface area contributed by atoms with Crippen molar-refractivity contribution in [2.75, 3.05) is 36.5 Å². The van der Waals surface area contributed by atoms with Crippen LogP contribution in [-0.2, 0) is 15.1 Å². The highest BCUT2D eigenvalue weighted by atomic mass is 35.5. The van der Waals surface area contributed by atoms with Gasteiger partial charge in [0.05, 0.1) is 39.7 Å². The number of carbonyl (C=O) groups excluding carboxylic acids is 2. The molecule has 12 nitrogen and oxygen atoms in total. The van der Waals surface area contributed by atoms with Crippen LogP contribution in [0, 0.1) is 17.1 Å². The maximum atomic E-state index is 15.2. The molecule has 0 unspecified atom stereocenters. The Kier molecular flexibility index (Phi) is 7.36. The van der Waals surface area contributed by atoms with Gasteiger partial charge in [0.2, 0.25) is 11.8 Å². The summed E-state index contributed by atoms with van der Waals surface area (Å²) in [5.41, 5.74) is -1.36. The summed E-state index contributed by atoms with van der Waals surface area (Å²) in [5, 5.41) is 25.5. The molecule has 1 fully saturated rings. The Morgan fingerprint density at radius 2 is 1.98 bits per heavy atom. The molecule has 46 heavy (non-hydrogen) atoms. The van der Waals surface area contributed by atoms with Crippen LogP contribution in [-0.4, -0.2) is 73.9 Å². The van der Waals surface area contributed by atoms with Crippen molar-refractivity contribution in [3.8, 4) is 28.9 Å². The molecule has 0 saturated carbocycles. The van der Waals surface area contributed by atoms with Crippen LogP contribution in [0.1, 0.15) is 32.8 Å². The molecular weight excluding hydrogens is 615 g/mol. The lowest BCUT2D eigenvalue weighted by Crippen LogP contribution is -2.55. The highest BCUT2D eigenvalue weighted by molar-refractivity contribution is 6.34. The minimum Gasteiger partial charge on any atom is -0.507 e. The SMILES string of the molecule is C=CC(=O)N1CCN2c3c(c(=O)n(-c4c(C#N)cnn4C(C)(C)C)c4nc(-c5c(O)cccc5F)c(Cl)cc34)N(C)C(=O)C[C@H]2C1. The predicted octanol–water partition coefficient (Wildman–Crippen LogP) is 3.94. The molecule has 14 heteroatoms. The molecule has 0 radical (unpaired) electrons. The van der Waals surface area contributed by atoms with Crippen molar-refractivity contribution in [2.45, 2.75) is 38.8 Å². The molecule has 1 atom stereocenters. The number of aromatic hydroxyl groups is 1. The van der Waals surface area contributed by atoms with Gasteiger partial charge in [-0.25, -0.2) is 18.6 Å². The van der Waals surface area contributed by atoms with E-state index in [4.69, 9.17) is 16.6 Å². The summed E-state index contributed by atoms with van der Waals surface area (Å²) in [5.74, 6) is -1.74. The Morgan fingerprint density at radius 1 is 1.24 bits per heavy atom. The molecule has 4 aromatic rings. The van der Waals surface area contributed by atoms with Gasteiger partial charge in [-0.2, -0.15) is 10.4 Å². The molecule has 2 aliphatic heterocycles. The fraction of sp³-hybridized carbons (Fsp3) is 0.312. The van der Waals surface area contributed by atoms with Crippen molar-refractivity contribution >= 4 is 45.8 Å². The van der Waals surface area contributed by atoms with Gasteiger partial charge in [0, 0.05) is 38.5 Å². The molecule has 2 amide bonds. The summed E-state index contributed by atoms with van der Waals surface area (Å²) in [6.45, 7) is 9.88. The van der Waals surface area contributed by atoms with Gasteiger partial charge in [0.1, 0.15) is 28.9 Å². The molecule has 6 rings (SSSR count). The minimum absolute atomic E-state index is 0.000556. The van der Waals surface area contributed by atoms with Crippen molar-refractivity contribution < 1.29 is 19.1 Å². The number of piperazine rings is 1. The first-order chi connectivity index (χ1) is 21.8. The van der Waals surface area contributed by atoms with Gasteiger partial charge in [-0.15, -0.1) is 0 Å². The zero-order valence-corrected chi connectivity index (χ0v) is 26.3.